The minimum atomic E-state index is -0.905. The highest BCUT2D eigenvalue weighted by Gasteiger charge is 2.21. The Labute approximate surface area is 154 Å². The lowest BCUT2D eigenvalue weighted by atomic mass is 9.97. The molecule has 0 fully saturated rings. The quantitative estimate of drug-likeness (QED) is 0.722. The fourth-order valence-corrected chi connectivity index (χ4v) is 2.65. The smallest absolute Gasteiger partial charge is 0.341 e. The number of ether oxygens (including phenoxy) is 1. The van der Waals surface area contributed by atoms with E-state index < -0.39 is 12.1 Å². The third kappa shape index (κ3) is 4.63. The van der Waals surface area contributed by atoms with Crippen LogP contribution in [0.1, 0.15) is 49.0 Å². The van der Waals surface area contributed by atoms with Gasteiger partial charge in [0, 0.05) is 18.4 Å². The van der Waals surface area contributed by atoms with Gasteiger partial charge in [-0.25, -0.2) is 4.79 Å². The number of hydrogen-bond acceptors (Lipinski definition) is 4. The van der Waals surface area contributed by atoms with Crippen LogP contribution in [-0.4, -0.2) is 25.0 Å². The van der Waals surface area contributed by atoms with E-state index in [0.717, 1.165) is 17.7 Å². The summed E-state index contributed by atoms with van der Waals surface area (Å²) in [6.07, 6.45) is 0.0653. The van der Waals surface area contributed by atoms with Crippen molar-refractivity contribution in [2.45, 2.75) is 39.2 Å². The number of anilines is 2. The van der Waals surface area contributed by atoms with Crippen LogP contribution in [-0.2, 0) is 9.53 Å². The molecule has 0 heterocycles. The van der Waals surface area contributed by atoms with E-state index >= 15 is 0 Å². The zero-order valence-corrected chi connectivity index (χ0v) is 15.7. The summed E-state index contributed by atoms with van der Waals surface area (Å²) in [5, 5.41) is 5.82. The predicted octanol–water partition coefficient (Wildman–Crippen LogP) is 4.43. The van der Waals surface area contributed by atoms with Crippen molar-refractivity contribution < 1.29 is 14.3 Å². The molecule has 5 heteroatoms. The summed E-state index contributed by atoms with van der Waals surface area (Å²) in [6.45, 7) is 5.79. The van der Waals surface area contributed by atoms with Gasteiger partial charge in [0.05, 0.1) is 5.56 Å². The average molecular weight is 354 g/mol. The Morgan fingerprint density at radius 1 is 1.00 bits per heavy atom. The van der Waals surface area contributed by atoms with Crippen LogP contribution < -0.4 is 10.6 Å². The fourth-order valence-electron chi connectivity index (χ4n) is 2.65. The number of esters is 1. The first-order chi connectivity index (χ1) is 12.5. The lowest BCUT2D eigenvalue weighted by Gasteiger charge is -2.18. The molecule has 2 aromatic carbocycles. The summed E-state index contributed by atoms with van der Waals surface area (Å²) < 4.78 is 5.35. The second-order valence-electron chi connectivity index (χ2n) is 6.23. The lowest BCUT2D eigenvalue weighted by molar-refractivity contribution is -0.123. The minimum absolute atomic E-state index is 0.326. The molecule has 0 bridgehead atoms. The molecule has 0 spiro atoms. The van der Waals surface area contributed by atoms with Crippen molar-refractivity contribution in [3.8, 4) is 0 Å². The van der Waals surface area contributed by atoms with Gasteiger partial charge in [-0.15, -0.1) is 0 Å². The van der Waals surface area contributed by atoms with Crippen molar-refractivity contribution in [1.82, 2.24) is 0 Å². The molecule has 2 aromatic rings. The van der Waals surface area contributed by atoms with E-state index in [0.29, 0.717) is 17.2 Å². The molecule has 0 saturated carbocycles. The standard InChI is InChI=1S/C21H26N2O3/c1-5-14(2)16-10-6-9-13-19(16)23-20(24)15(3)26-21(25)17-11-7-8-12-18(17)22-4/h6-15,22H,5H2,1-4H3,(H,23,24). The zero-order chi connectivity index (χ0) is 19.1. The van der Waals surface area contributed by atoms with Crippen molar-refractivity contribution in [3.63, 3.8) is 0 Å². The Morgan fingerprint density at radius 3 is 2.27 bits per heavy atom. The maximum Gasteiger partial charge on any atom is 0.341 e. The van der Waals surface area contributed by atoms with Crippen LogP contribution in [0, 0.1) is 0 Å². The van der Waals surface area contributed by atoms with Crippen LogP contribution in [0.4, 0.5) is 11.4 Å². The fraction of sp³-hybridized carbons (Fsp3) is 0.333. The zero-order valence-electron chi connectivity index (χ0n) is 15.7. The van der Waals surface area contributed by atoms with Gasteiger partial charge in [-0.2, -0.15) is 0 Å². The highest BCUT2D eigenvalue weighted by molar-refractivity contribution is 6.00. The largest absolute Gasteiger partial charge is 0.449 e. The predicted molar refractivity (Wildman–Crippen MR) is 105 cm³/mol. The van der Waals surface area contributed by atoms with Crippen molar-refractivity contribution >= 4 is 23.3 Å². The molecule has 138 valence electrons. The Hall–Kier alpha value is -2.82. The van der Waals surface area contributed by atoms with Crippen LogP contribution in [0.2, 0.25) is 0 Å². The first kappa shape index (κ1) is 19.5. The van der Waals surface area contributed by atoms with Gasteiger partial charge < -0.3 is 15.4 Å². The number of carbonyl (C=O) groups is 2. The summed E-state index contributed by atoms with van der Waals surface area (Å²) in [6, 6.07) is 14.7. The van der Waals surface area contributed by atoms with Crippen molar-refractivity contribution in [2.75, 3.05) is 17.7 Å². The molecule has 2 rings (SSSR count). The molecular formula is C21H26N2O3. The van der Waals surface area contributed by atoms with Crippen molar-refractivity contribution in [3.05, 3.63) is 59.7 Å². The van der Waals surface area contributed by atoms with Gasteiger partial charge in [0.25, 0.3) is 5.91 Å². The van der Waals surface area contributed by atoms with Gasteiger partial charge in [0.15, 0.2) is 6.10 Å². The first-order valence-electron chi connectivity index (χ1n) is 8.85. The number of para-hydroxylation sites is 2. The minimum Gasteiger partial charge on any atom is -0.449 e. The maximum atomic E-state index is 12.5. The number of amides is 1. The van der Waals surface area contributed by atoms with E-state index in [9.17, 15) is 9.59 Å². The maximum absolute atomic E-state index is 12.5. The summed E-state index contributed by atoms with van der Waals surface area (Å²) in [4.78, 5) is 24.9. The van der Waals surface area contributed by atoms with Gasteiger partial charge in [-0.3, -0.25) is 4.79 Å². The summed E-state index contributed by atoms with van der Waals surface area (Å²) in [5.41, 5.74) is 2.88. The summed E-state index contributed by atoms with van der Waals surface area (Å²) in [7, 11) is 1.73. The molecule has 0 radical (unpaired) electrons. The van der Waals surface area contributed by atoms with Gasteiger partial charge >= 0.3 is 5.97 Å². The van der Waals surface area contributed by atoms with Crippen LogP contribution in [0.5, 0.6) is 0 Å². The molecule has 0 aliphatic rings. The van der Waals surface area contributed by atoms with Crippen LogP contribution in [0.25, 0.3) is 0 Å². The topological polar surface area (TPSA) is 67.4 Å². The Kier molecular flexibility index (Phi) is 6.78. The molecule has 0 aliphatic carbocycles. The Balaban J connectivity index is 2.08. The summed E-state index contributed by atoms with van der Waals surface area (Å²) in [5.74, 6) is -0.560. The second-order valence-corrected chi connectivity index (χ2v) is 6.23. The third-order valence-electron chi connectivity index (χ3n) is 4.43. The van der Waals surface area contributed by atoms with E-state index in [1.807, 2.05) is 30.3 Å². The first-order valence-corrected chi connectivity index (χ1v) is 8.85. The molecule has 5 nitrogen and oxygen atoms in total. The molecule has 2 unspecified atom stereocenters. The summed E-state index contributed by atoms with van der Waals surface area (Å²) >= 11 is 0. The van der Waals surface area contributed by atoms with Gasteiger partial charge in [0.2, 0.25) is 0 Å². The second kappa shape index (κ2) is 9.04. The van der Waals surface area contributed by atoms with Crippen molar-refractivity contribution in [1.29, 1.82) is 0 Å². The molecule has 0 aliphatic heterocycles. The monoisotopic (exact) mass is 354 g/mol. The van der Waals surface area contributed by atoms with Crippen LogP contribution in [0.3, 0.4) is 0 Å². The van der Waals surface area contributed by atoms with E-state index in [4.69, 9.17) is 4.74 Å². The number of hydrogen-bond donors (Lipinski definition) is 2. The molecular weight excluding hydrogens is 328 g/mol. The van der Waals surface area contributed by atoms with Gasteiger partial charge in [-0.1, -0.05) is 44.2 Å². The average Bonchev–Trinajstić information content (AvgIpc) is 2.67. The van der Waals surface area contributed by atoms with E-state index in [1.54, 1.807) is 32.2 Å². The molecule has 2 atom stereocenters. The van der Waals surface area contributed by atoms with Gasteiger partial charge in [-0.05, 0) is 43.0 Å². The number of nitrogens with one attached hydrogen (secondary N) is 2. The van der Waals surface area contributed by atoms with E-state index in [-0.39, 0.29) is 5.91 Å². The van der Waals surface area contributed by atoms with Crippen LogP contribution >= 0.6 is 0 Å². The number of benzene rings is 2. The van der Waals surface area contributed by atoms with Gasteiger partial charge in [0.1, 0.15) is 0 Å². The molecule has 0 saturated heterocycles. The number of rotatable bonds is 7. The highest BCUT2D eigenvalue weighted by atomic mass is 16.5. The normalized spacial score (nSPS) is 12.8. The molecule has 26 heavy (non-hydrogen) atoms. The molecule has 1 amide bonds. The highest BCUT2D eigenvalue weighted by Crippen LogP contribution is 2.26. The Bertz CT molecular complexity index is 773. The SMILES string of the molecule is CCC(C)c1ccccc1NC(=O)C(C)OC(=O)c1ccccc1NC. The van der Waals surface area contributed by atoms with Crippen molar-refractivity contribution in [2.24, 2.45) is 0 Å². The Morgan fingerprint density at radius 2 is 1.62 bits per heavy atom. The van der Waals surface area contributed by atoms with E-state index in [2.05, 4.69) is 24.5 Å². The lowest BCUT2D eigenvalue weighted by Crippen LogP contribution is -2.30. The molecule has 0 aromatic heterocycles. The molecule has 2 N–H and O–H groups in total. The number of carbonyl (C=O) groups excluding carboxylic acids is 2. The van der Waals surface area contributed by atoms with Crippen LogP contribution in [0.15, 0.2) is 48.5 Å². The van der Waals surface area contributed by atoms with E-state index in [1.165, 1.54) is 0 Å². The third-order valence-corrected chi connectivity index (χ3v) is 4.43.